The summed E-state index contributed by atoms with van der Waals surface area (Å²) in [6.45, 7) is 6.89. The Morgan fingerprint density at radius 3 is 2.37 bits per heavy atom. The molecule has 0 heterocycles. The lowest BCUT2D eigenvalue weighted by Gasteiger charge is -2.14. The Morgan fingerprint density at radius 2 is 1.71 bits per heavy atom. The third-order valence-electron chi connectivity index (χ3n) is 5.55. The molecule has 0 aliphatic rings. The van der Waals surface area contributed by atoms with Crippen molar-refractivity contribution in [3.05, 3.63) is 94.4 Å². The van der Waals surface area contributed by atoms with Crippen LogP contribution in [0, 0.1) is 13.8 Å². The molecule has 0 spiro atoms. The molecule has 0 aliphatic carbocycles. The number of aryl methyl sites for hydroxylation is 2. The molecule has 0 bridgehead atoms. The number of unbranched alkanes of at least 4 members (excludes halogenated alkanes) is 3. The second-order valence-corrected chi connectivity index (χ2v) is 9.33. The summed E-state index contributed by atoms with van der Waals surface area (Å²) in [4.78, 5) is 10.6. The van der Waals surface area contributed by atoms with Gasteiger partial charge in [-0.05, 0) is 91.3 Å². The van der Waals surface area contributed by atoms with E-state index in [1.807, 2.05) is 18.2 Å². The van der Waals surface area contributed by atoms with E-state index in [1.165, 1.54) is 5.57 Å². The molecule has 2 aromatic rings. The Balaban J connectivity index is 1.87. The number of benzene rings is 2. The molecular weight excluding hydrogens is 454 g/mol. The largest absolute Gasteiger partial charge is 0.489 e. The predicted molar refractivity (Wildman–Crippen MR) is 150 cm³/mol. The molecular formula is C30H39NO3S. The van der Waals surface area contributed by atoms with Crippen LogP contribution in [-0.2, 0) is 11.4 Å². The number of rotatable bonds is 16. The van der Waals surface area contributed by atoms with Crippen molar-refractivity contribution < 1.29 is 14.6 Å². The van der Waals surface area contributed by atoms with Gasteiger partial charge < -0.3 is 14.6 Å². The Morgan fingerprint density at radius 1 is 1.03 bits per heavy atom. The van der Waals surface area contributed by atoms with Gasteiger partial charge in [0.1, 0.15) is 12.4 Å². The number of carboxylic acid groups (broad SMARTS) is 1. The minimum Gasteiger partial charge on any atom is -0.489 e. The van der Waals surface area contributed by atoms with Gasteiger partial charge in [-0.2, -0.15) is 0 Å². The molecule has 0 aliphatic heterocycles. The molecule has 0 unspecified atom stereocenters. The van der Waals surface area contributed by atoms with E-state index in [2.05, 4.69) is 79.5 Å². The molecule has 35 heavy (non-hydrogen) atoms. The van der Waals surface area contributed by atoms with Crippen molar-refractivity contribution in [2.75, 3.05) is 4.72 Å². The van der Waals surface area contributed by atoms with Gasteiger partial charge in [0.25, 0.3) is 0 Å². The fraction of sp³-hybridized carbons (Fsp3) is 0.367. The molecule has 0 aromatic heterocycles. The maximum atomic E-state index is 10.6. The minimum atomic E-state index is -0.706. The summed E-state index contributed by atoms with van der Waals surface area (Å²) in [7, 11) is 0. The van der Waals surface area contributed by atoms with Crippen LogP contribution >= 0.6 is 11.9 Å². The van der Waals surface area contributed by atoms with E-state index in [1.54, 1.807) is 11.9 Å². The number of hydrogen-bond acceptors (Lipinski definition) is 4. The van der Waals surface area contributed by atoms with E-state index in [0.717, 1.165) is 66.7 Å². The SMILES string of the molecule is CC\C=C/C=C(\C=C\SNc1c(C)cc(OCc2ccccc2)cc1C)CCCCCCC(=O)O. The summed E-state index contributed by atoms with van der Waals surface area (Å²) in [5.41, 5.74) is 5.85. The standard InChI is InChI=1S/C30H39NO3S/c1-4-5-9-14-26(15-10-6-7-13-18-29(32)33)19-20-35-31-30-24(2)21-28(22-25(30)3)34-23-27-16-11-8-12-17-27/h5,8-9,11-12,14,16-17,19-22,31H,4,6-7,10,13,15,18,23H2,1-3H3,(H,32,33)/b9-5-,20-19+,26-14-. The molecule has 0 saturated carbocycles. The van der Waals surface area contributed by atoms with E-state index in [-0.39, 0.29) is 6.42 Å². The van der Waals surface area contributed by atoms with Crippen molar-refractivity contribution in [1.29, 1.82) is 0 Å². The van der Waals surface area contributed by atoms with Crippen LogP contribution in [0.1, 0.15) is 68.6 Å². The normalized spacial score (nSPS) is 11.9. The van der Waals surface area contributed by atoms with Gasteiger partial charge >= 0.3 is 5.97 Å². The topological polar surface area (TPSA) is 58.6 Å². The van der Waals surface area contributed by atoms with Crippen LogP contribution in [0.25, 0.3) is 0 Å². The van der Waals surface area contributed by atoms with Crippen molar-refractivity contribution in [3.8, 4) is 5.75 Å². The molecule has 0 amide bonds. The summed E-state index contributed by atoms with van der Waals surface area (Å²) in [5.74, 6) is 0.175. The zero-order chi connectivity index (χ0) is 25.3. The number of anilines is 1. The van der Waals surface area contributed by atoms with Crippen molar-refractivity contribution in [3.63, 3.8) is 0 Å². The molecule has 188 valence electrons. The summed E-state index contributed by atoms with van der Waals surface area (Å²) >= 11 is 1.57. The number of allylic oxidation sites excluding steroid dienone is 5. The predicted octanol–water partition coefficient (Wildman–Crippen LogP) is 8.77. The second-order valence-electron chi connectivity index (χ2n) is 8.61. The average Bonchev–Trinajstić information content (AvgIpc) is 2.84. The van der Waals surface area contributed by atoms with Gasteiger partial charge in [-0.25, -0.2) is 0 Å². The van der Waals surface area contributed by atoms with Gasteiger partial charge in [0.15, 0.2) is 0 Å². The third-order valence-corrected chi connectivity index (χ3v) is 6.15. The van der Waals surface area contributed by atoms with Gasteiger partial charge in [0, 0.05) is 6.42 Å². The first-order chi connectivity index (χ1) is 17.0. The number of carboxylic acids is 1. The fourth-order valence-corrected chi connectivity index (χ4v) is 4.38. The van der Waals surface area contributed by atoms with Crippen LogP contribution in [0.2, 0.25) is 0 Å². The van der Waals surface area contributed by atoms with Crippen molar-refractivity contribution >= 4 is 23.6 Å². The van der Waals surface area contributed by atoms with E-state index >= 15 is 0 Å². The van der Waals surface area contributed by atoms with Gasteiger partial charge in [0.05, 0.1) is 5.69 Å². The van der Waals surface area contributed by atoms with Crippen LogP contribution < -0.4 is 9.46 Å². The Hall–Kier alpha value is -2.92. The fourth-order valence-electron chi connectivity index (χ4n) is 3.63. The first-order valence-corrected chi connectivity index (χ1v) is 13.3. The Labute approximate surface area is 215 Å². The molecule has 2 N–H and O–H groups in total. The summed E-state index contributed by atoms with van der Waals surface area (Å²) in [6, 6.07) is 14.3. The van der Waals surface area contributed by atoms with Gasteiger partial charge in [-0.1, -0.05) is 74.4 Å². The van der Waals surface area contributed by atoms with E-state index < -0.39 is 5.97 Å². The van der Waals surface area contributed by atoms with Crippen molar-refractivity contribution in [1.82, 2.24) is 0 Å². The van der Waals surface area contributed by atoms with Crippen LogP contribution in [0.5, 0.6) is 5.75 Å². The number of carbonyl (C=O) groups is 1. The second kappa shape index (κ2) is 16.7. The van der Waals surface area contributed by atoms with Crippen LogP contribution in [0.15, 0.2) is 77.7 Å². The van der Waals surface area contributed by atoms with Crippen LogP contribution in [-0.4, -0.2) is 11.1 Å². The first kappa shape index (κ1) is 28.3. The molecule has 2 rings (SSSR count). The lowest BCUT2D eigenvalue weighted by Crippen LogP contribution is -1.98. The van der Waals surface area contributed by atoms with E-state index in [9.17, 15) is 4.79 Å². The molecule has 2 aromatic carbocycles. The zero-order valence-corrected chi connectivity index (χ0v) is 22.1. The van der Waals surface area contributed by atoms with Gasteiger partial charge in [-0.3, -0.25) is 4.79 Å². The first-order valence-electron chi connectivity index (χ1n) is 12.4. The molecule has 5 heteroatoms. The highest BCUT2D eigenvalue weighted by Gasteiger charge is 2.06. The zero-order valence-electron chi connectivity index (χ0n) is 21.3. The number of aliphatic carboxylic acids is 1. The van der Waals surface area contributed by atoms with Crippen LogP contribution in [0.4, 0.5) is 5.69 Å². The highest BCUT2D eigenvalue weighted by atomic mass is 32.2. The van der Waals surface area contributed by atoms with E-state index in [4.69, 9.17) is 9.84 Å². The number of ether oxygens (including phenoxy) is 1. The van der Waals surface area contributed by atoms with Gasteiger partial charge in [-0.15, -0.1) is 0 Å². The summed E-state index contributed by atoms with van der Waals surface area (Å²) < 4.78 is 9.47. The number of nitrogens with one attached hydrogen (secondary N) is 1. The molecule has 0 atom stereocenters. The monoisotopic (exact) mass is 493 g/mol. The van der Waals surface area contributed by atoms with Crippen molar-refractivity contribution in [2.24, 2.45) is 0 Å². The highest BCUT2D eigenvalue weighted by Crippen LogP contribution is 2.29. The Kier molecular flexibility index (Phi) is 13.5. The molecule has 0 fully saturated rings. The third kappa shape index (κ3) is 11.9. The number of hydrogen-bond donors (Lipinski definition) is 2. The van der Waals surface area contributed by atoms with Crippen molar-refractivity contribution in [2.45, 2.75) is 72.3 Å². The summed E-state index contributed by atoms with van der Waals surface area (Å²) in [5, 5.41) is 10.8. The highest BCUT2D eigenvalue weighted by molar-refractivity contribution is 8.03. The lowest BCUT2D eigenvalue weighted by atomic mass is 10.1. The lowest BCUT2D eigenvalue weighted by molar-refractivity contribution is -0.137. The average molecular weight is 494 g/mol. The van der Waals surface area contributed by atoms with E-state index in [0.29, 0.717) is 6.61 Å². The molecule has 4 nitrogen and oxygen atoms in total. The maximum Gasteiger partial charge on any atom is 0.303 e. The quantitative estimate of drug-likeness (QED) is 0.139. The van der Waals surface area contributed by atoms with Gasteiger partial charge in [0.2, 0.25) is 0 Å². The molecule has 0 saturated heterocycles. The maximum absolute atomic E-state index is 10.6. The minimum absolute atomic E-state index is 0.267. The summed E-state index contributed by atoms with van der Waals surface area (Å²) in [6.07, 6.45) is 14.7. The van der Waals surface area contributed by atoms with Crippen LogP contribution in [0.3, 0.4) is 0 Å². The Bertz CT molecular complexity index is 973. The molecule has 0 radical (unpaired) electrons. The smallest absolute Gasteiger partial charge is 0.303 e.